The Kier molecular flexibility index (Phi) is 3.47. The van der Waals surface area contributed by atoms with Crippen molar-refractivity contribution >= 4 is 12.4 Å². The largest absolute Gasteiger partial charge is 0.363 e. The number of fused-ring (bicyclic) bond motifs is 1. The summed E-state index contributed by atoms with van der Waals surface area (Å²) >= 11 is 0. The molecule has 90 valence electrons. The Hall–Kier alpha value is -0.650. The molecule has 1 aromatic rings. The lowest BCUT2D eigenvalue weighted by Gasteiger charge is -2.30. The fraction of sp³-hybridized carbons (Fsp3) is 0.800. The van der Waals surface area contributed by atoms with Crippen molar-refractivity contribution in [3.63, 3.8) is 0 Å². The van der Waals surface area contributed by atoms with Crippen LogP contribution in [0.3, 0.4) is 0 Å². The lowest BCUT2D eigenvalue weighted by Crippen LogP contribution is -2.37. The van der Waals surface area contributed by atoms with Crippen LogP contribution in [0.5, 0.6) is 0 Å². The van der Waals surface area contributed by atoms with Gasteiger partial charge in [-0.05, 0) is 32.7 Å². The van der Waals surface area contributed by atoms with Gasteiger partial charge in [0.25, 0.3) is 5.89 Å². The normalized spacial score (nSPS) is 33.2. The minimum atomic E-state index is 0. The molecular weight excluding hydrogens is 230 g/mol. The number of nitrogens with one attached hydrogen (secondary N) is 1. The number of rotatable bonds is 1. The minimum Gasteiger partial charge on any atom is -0.363 e. The summed E-state index contributed by atoms with van der Waals surface area (Å²) in [6, 6.07) is 0.533. The third-order valence-electron chi connectivity index (χ3n) is 3.18. The van der Waals surface area contributed by atoms with Gasteiger partial charge in [0, 0.05) is 6.04 Å². The lowest BCUT2D eigenvalue weighted by molar-refractivity contribution is -0.0683. The summed E-state index contributed by atoms with van der Waals surface area (Å²) in [5.74, 6) is 1.32. The molecule has 2 aliphatic rings. The molecule has 16 heavy (non-hydrogen) atoms. The average molecular weight is 246 g/mol. The quantitative estimate of drug-likeness (QED) is 0.810. The van der Waals surface area contributed by atoms with Crippen molar-refractivity contribution in [2.75, 3.05) is 6.54 Å². The summed E-state index contributed by atoms with van der Waals surface area (Å²) in [5.41, 5.74) is 0. The van der Waals surface area contributed by atoms with E-state index in [-0.39, 0.29) is 18.5 Å². The van der Waals surface area contributed by atoms with Crippen molar-refractivity contribution in [2.45, 2.75) is 44.4 Å². The first-order chi connectivity index (χ1) is 7.33. The molecule has 6 heteroatoms. The van der Waals surface area contributed by atoms with Gasteiger partial charge in [0.15, 0.2) is 5.82 Å². The predicted octanol–water partition coefficient (Wildman–Crippen LogP) is 1.38. The molecular formula is C10H16ClN3O2. The van der Waals surface area contributed by atoms with Gasteiger partial charge in [-0.1, -0.05) is 5.16 Å². The lowest BCUT2D eigenvalue weighted by atomic mass is 10.00. The zero-order valence-corrected chi connectivity index (χ0v) is 10.00. The third-order valence-corrected chi connectivity index (χ3v) is 3.18. The van der Waals surface area contributed by atoms with E-state index in [9.17, 15) is 0 Å². The summed E-state index contributed by atoms with van der Waals surface area (Å²) in [7, 11) is 0. The molecule has 0 spiro atoms. The predicted molar refractivity (Wildman–Crippen MR) is 59.5 cm³/mol. The smallest absolute Gasteiger partial charge is 0.255 e. The maximum Gasteiger partial charge on any atom is 0.255 e. The van der Waals surface area contributed by atoms with Crippen LogP contribution in [0.4, 0.5) is 0 Å². The van der Waals surface area contributed by atoms with Gasteiger partial charge in [-0.2, -0.15) is 4.98 Å². The van der Waals surface area contributed by atoms with Crippen molar-refractivity contribution in [2.24, 2.45) is 0 Å². The summed E-state index contributed by atoms with van der Waals surface area (Å²) in [5, 5.41) is 7.24. The minimum absolute atomic E-state index is 0. The molecule has 3 atom stereocenters. The molecule has 3 heterocycles. The molecule has 0 aliphatic carbocycles. The molecule has 0 radical (unpaired) electrons. The molecule has 0 saturated carbocycles. The molecule has 5 nitrogen and oxygen atoms in total. The van der Waals surface area contributed by atoms with E-state index in [2.05, 4.69) is 15.5 Å². The first kappa shape index (κ1) is 11.8. The standard InChI is InChI=1S/C10H15N3O2.ClH/c1-6-12-10(15-13-6)9-3-2-7-8(14-9)4-5-11-7;/h7-9,11H,2-5H2,1H3;1H/t7-,8-,9+;/m1./s1. The van der Waals surface area contributed by atoms with E-state index in [1.165, 1.54) is 0 Å². The maximum absolute atomic E-state index is 5.95. The molecule has 2 fully saturated rings. The van der Waals surface area contributed by atoms with Gasteiger partial charge in [0.1, 0.15) is 6.10 Å². The van der Waals surface area contributed by atoms with Crippen LogP contribution in [-0.2, 0) is 4.74 Å². The highest BCUT2D eigenvalue weighted by Crippen LogP contribution is 2.33. The Morgan fingerprint density at radius 2 is 2.19 bits per heavy atom. The molecule has 2 aliphatic heterocycles. The van der Waals surface area contributed by atoms with Crippen LogP contribution in [0.15, 0.2) is 4.52 Å². The van der Waals surface area contributed by atoms with Gasteiger partial charge >= 0.3 is 0 Å². The van der Waals surface area contributed by atoms with Crippen LogP contribution in [0, 0.1) is 6.92 Å². The van der Waals surface area contributed by atoms with Crippen LogP contribution in [-0.4, -0.2) is 28.8 Å². The van der Waals surface area contributed by atoms with Crippen LogP contribution < -0.4 is 5.32 Å². The molecule has 0 aromatic carbocycles. The van der Waals surface area contributed by atoms with E-state index in [0.717, 1.165) is 25.8 Å². The zero-order chi connectivity index (χ0) is 10.3. The molecule has 0 bridgehead atoms. The number of nitrogens with zero attached hydrogens (tertiary/aromatic N) is 2. The Bertz CT molecular complexity index is 358. The van der Waals surface area contributed by atoms with Gasteiger partial charge in [-0.3, -0.25) is 0 Å². The summed E-state index contributed by atoms with van der Waals surface area (Å²) < 4.78 is 11.1. The van der Waals surface area contributed by atoms with E-state index in [0.29, 0.717) is 23.9 Å². The summed E-state index contributed by atoms with van der Waals surface area (Å²) in [6.45, 7) is 2.89. The van der Waals surface area contributed by atoms with Crippen LogP contribution in [0.1, 0.15) is 37.1 Å². The van der Waals surface area contributed by atoms with Gasteiger partial charge in [-0.25, -0.2) is 0 Å². The maximum atomic E-state index is 5.95. The van der Waals surface area contributed by atoms with Crippen molar-refractivity contribution < 1.29 is 9.26 Å². The molecule has 1 aromatic heterocycles. The summed E-state index contributed by atoms with van der Waals surface area (Å²) in [4.78, 5) is 4.23. The zero-order valence-electron chi connectivity index (χ0n) is 9.18. The highest BCUT2D eigenvalue weighted by Gasteiger charge is 2.36. The molecule has 2 saturated heterocycles. The second-order valence-electron chi connectivity index (χ2n) is 4.27. The van der Waals surface area contributed by atoms with E-state index in [4.69, 9.17) is 9.26 Å². The molecule has 1 N–H and O–H groups in total. The Morgan fingerprint density at radius 1 is 1.31 bits per heavy atom. The second kappa shape index (κ2) is 4.69. The van der Waals surface area contributed by atoms with E-state index >= 15 is 0 Å². The van der Waals surface area contributed by atoms with Crippen LogP contribution >= 0.6 is 12.4 Å². The fourth-order valence-corrected chi connectivity index (χ4v) is 2.43. The first-order valence-electron chi connectivity index (χ1n) is 5.52. The van der Waals surface area contributed by atoms with Crippen molar-refractivity contribution in [1.29, 1.82) is 0 Å². The van der Waals surface area contributed by atoms with Crippen LogP contribution in [0.2, 0.25) is 0 Å². The Labute approximate surface area is 100 Å². The number of ether oxygens (including phenoxy) is 1. The topological polar surface area (TPSA) is 60.2 Å². The fourth-order valence-electron chi connectivity index (χ4n) is 2.43. The molecule has 0 unspecified atom stereocenters. The van der Waals surface area contributed by atoms with Crippen LogP contribution in [0.25, 0.3) is 0 Å². The highest BCUT2D eigenvalue weighted by atomic mass is 35.5. The van der Waals surface area contributed by atoms with Gasteiger partial charge in [-0.15, -0.1) is 12.4 Å². The molecule has 0 amide bonds. The number of hydrogen-bond donors (Lipinski definition) is 1. The van der Waals surface area contributed by atoms with Crippen molar-refractivity contribution in [3.8, 4) is 0 Å². The van der Waals surface area contributed by atoms with E-state index in [1.807, 2.05) is 6.92 Å². The van der Waals surface area contributed by atoms with Gasteiger partial charge < -0.3 is 14.6 Å². The van der Waals surface area contributed by atoms with E-state index in [1.54, 1.807) is 0 Å². The summed E-state index contributed by atoms with van der Waals surface area (Å²) in [6.07, 6.45) is 3.53. The van der Waals surface area contributed by atoms with Gasteiger partial charge in [0.2, 0.25) is 0 Å². The Morgan fingerprint density at radius 3 is 2.94 bits per heavy atom. The number of aryl methyl sites for hydroxylation is 1. The average Bonchev–Trinajstić information content (AvgIpc) is 2.84. The first-order valence-corrected chi connectivity index (χ1v) is 5.52. The van der Waals surface area contributed by atoms with Crippen molar-refractivity contribution in [1.82, 2.24) is 15.5 Å². The molecule has 3 rings (SSSR count). The van der Waals surface area contributed by atoms with E-state index < -0.39 is 0 Å². The van der Waals surface area contributed by atoms with Crippen molar-refractivity contribution in [3.05, 3.63) is 11.7 Å². The van der Waals surface area contributed by atoms with Gasteiger partial charge in [0.05, 0.1) is 6.10 Å². The SMILES string of the molecule is Cc1noc([C@@H]2CC[C@H]3NCC[C@H]3O2)n1.Cl. The highest BCUT2D eigenvalue weighted by molar-refractivity contribution is 5.85. The monoisotopic (exact) mass is 245 g/mol. The third kappa shape index (κ3) is 2.07. The Balaban J connectivity index is 0.000000963. The second-order valence-corrected chi connectivity index (χ2v) is 4.27. The number of aromatic nitrogens is 2. The number of hydrogen-bond acceptors (Lipinski definition) is 5. The number of halogens is 1.